The fourth-order valence-electron chi connectivity index (χ4n) is 3.21. The molecule has 0 saturated heterocycles. The molecule has 1 aliphatic heterocycles. The number of amidine groups is 1. The number of ether oxygens (including phenoxy) is 2. The minimum atomic E-state index is -3.72. The molecule has 2 N–H and O–H groups in total. The van der Waals surface area contributed by atoms with E-state index in [4.69, 9.17) is 9.47 Å². The summed E-state index contributed by atoms with van der Waals surface area (Å²) in [6.45, 7) is 0.637. The maximum atomic E-state index is 12.6. The van der Waals surface area contributed by atoms with Gasteiger partial charge in [0.05, 0.1) is 19.1 Å². The molecule has 1 amide bonds. The molecule has 0 radical (unpaired) electrons. The van der Waals surface area contributed by atoms with Crippen LogP contribution in [0.25, 0.3) is 6.08 Å². The van der Waals surface area contributed by atoms with Crippen LogP contribution in [0.2, 0.25) is 0 Å². The van der Waals surface area contributed by atoms with Gasteiger partial charge in [-0.3, -0.25) is 14.5 Å². The van der Waals surface area contributed by atoms with Crippen molar-refractivity contribution in [1.29, 1.82) is 0 Å². The Hall–Kier alpha value is -3.33. The number of hydrogen-bond acceptors (Lipinski definition) is 6. The zero-order chi connectivity index (χ0) is 23.0. The Morgan fingerprint density at radius 2 is 1.81 bits per heavy atom. The Morgan fingerprint density at radius 3 is 2.53 bits per heavy atom. The summed E-state index contributed by atoms with van der Waals surface area (Å²) in [6.07, 6.45) is 6.54. The summed E-state index contributed by atoms with van der Waals surface area (Å²) in [5, 5.41) is 2.71. The van der Waals surface area contributed by atoms with Crippen LogP contribution in [-0.4, -0.2) is 40.9 Å². The average molecular weight is 458 g/mol. The number of rotatable bonds is 7. The predicted molar refractivity (Wildman–Crippen MR) is 125 cm³/mol. The second kappa shape index (κ2) is 10.8. The van der Waals surface area contributed by atoms with Gasteiger partial charge in [0.15, 0.2) is 0 Å². The maximum absolute atomic E-state index is 12.6. The highest BCUT2D eigenvalue weighted by Gasteiger charge is 2.17. The first-order chi connectivity index (χ1) is 15.4. The zero-order valence-corrected chi connectivity index (χ0v) is 18.9. The van der Waals surface area contributed by atoms with E-state index in [-0.39, 0.29) is 10.8 Å². The Morgan fingerprint density at radius 1 is 1.03 bits per heavy atom. The third-order valence-electron chi connectivity index (χ3n) is 4.91. The van der Waals surface area contributed by atoms with E-state index >= 15 is 0 Å². The minimum absolute atomic E-state index is 0.110. The predicted octanol–water partition coefficient (Wildman–Crippen LogP) is 3.61. The minimum Gasteiger partial charge on any atom is -0.497 e. The number of anilines is 1. The fourth-order valence-corrected chi connectivity index (χ4v) is 4.30. The van der Waals surface area contributed by atoms with Crippen molar-refractivity contribution in [3.05, 3.63) is 54.1 Å². The highest BCUT2D eigenvalue weighted by Crippen LogP contribution is 2.25. The number of benzene rings is 2. The number of methoxy groups -OCH3 is 2. The molecular weight excluding hydrogens is 430 g/mol. The average Bonchev–Trinajstić information content (AvgIpc) is 3.06. The molecule has 1 heterocycles. The van der Waals surface area contributed by atoms with Crippen molar-refractivity contribution in [2.24, 2.45) is 4.99 Å². The van der Waals surface area contributed by atoms with Crippen LogP contribution in [0.3, 0.4) is 0 Å². The number of carbonyl (C=O) groups is 1. The molecule has 0 spiro atoms. The van der Waals surface area contributed by atoms with E-state index in [9.17, 15) is 13.2 Å². The molecule has 0 saturated carbocycles. The van der Waals surface area contributed by atoms with Gasteiger partial charge in [-0.05, 0) is 61.4 Å². The van der Waals surface area contributed by atoms with Gasteiger partial charge in [-0.15, -0.1) is 0 Å². The number of carbonyl (C=O) groups excluding carboxylic acids is 1. The Labute approximate surface area is 188 Å². The van der Waals surface area contributed by atoms with Crippen molar-refractivity contribution in [3.8, 4) is 11.5 Å². The highest BCUT2D eigenvalue weighted by molar-refractivity contribution is 7.90. The van der Waals surface area contributed by atoms with Gasteiger partial charge in [0.2, 0.25) is 5.91 Å². The number of amides is 1. The monoisotopic (exact) mass is 457 g/mol. The number of hydrogen-bond donors (Lipinski definition) is 2. The van der Waals surface area contributed by atoms with Crippen LogP contribution in [0.5, 0.6) is 11.5 Å². The summed E-state index contributed by atoms with van der Waals surface area (Å²) < 4.78 is 38.3. The van der Waals surface area contributed by atoms with Crippen molar-refractivity contribution < 1.29 is 22.7 Å². The van der Waals surface area contributed by atoms with Crippen LogP contribution in [0.15, 0.2) is 58.4 Å². The molecule has 32 heavy (non-hydrogen) atoms. The van der Waals surface area contributed by atoms with Crippen LogP contribution >= 0.6 is 0 Å². The summed E-state index contributed by atoms with van der Waals surface area (Å²) in [7, 11) is -0.607. The number of aliphatic imine (C=N–C) groups is 1. The molecule has 3 rings (SSSR count). The summed E-state index contributed by atoms with van der Waals surface area (Å²) in [4.78, 5) is 16.7. The summed E-state index contributed by atoms with van der Waals surface area (Å²) >= 11 is 0. The highest BCUT2D eigenvalue weighted by atomic mass is 32.2. The van der Waals surface area contributed by atoms with E-state index in [1.54, 1.807) is 50.6 Å². The third-order valence-corrected chi connectivity index (χ3v) is 6.31. The lowest BCUT2D eigenvalue weighted by atomic mass is 10.1. The van der Waals surface area contributed by atoms with E-state index in [0.29, 0.717) is 41.6 Å². The van der Waals surface area contributed by atoms with Crippen molar-refractivity contribution >= 4 is 33.5 Å². The van der Waals surface area contributed by atoms with Crippen LogP contribution in [0.4, 0.5) is 5.69 Å². The van der Waals surface area contributed by atoms with E-state index in [1.807, 2.05) is 0 Å². The van der Waals surface area contributed by atoms with Crippen LogP contribution < -0.4 is 19.5 Å². The fraction of sp³-hybridized carbons (Fsp3) is 0.304. The maximum Gasteiger partial charge on any atom is 0.262 e. The zero-order valence-electron chi connectivity index (χ0n) is 18.1. The molecule has 2 aromatic rings. The SMILES string of the molecule is COc1ccc(OC)c(/C=C/C(=O)Nc2ccc(S(=O)(=O)NC3=NCCCCC3)cc2)c1. The molecular formula is C23H27N3O5S. The topological polar surface area (TPSA) is 106 Å². The molecule has 0 aromatic heterocycles. The van der Waals surface area contributed by atoms with E-state index in [0.717, 1.165) is 19.3 Å². The van der Waals surface area contributed by atoms with Gasteiger partial charge in [0.1, 0.15) is 17.3 Å². The molecule has 1 aliphatic rings. The smallest absolute Gasteiger partial charge is 0.262 e. The van der Waals surface area contributed by atoms with Gasteiger partial charge in [-0.1, -0.05) is 6.42 Å². The number of nitrogens with one attached hydrogen (secondary N) is 2. The largest absolute Gasteiger partial charge is 0.497 e. The van der Waals surface area contributed by atoms with Crippen molar-refractivity contribution in [3.63, 3.8) is 0 Å². The first kappa shape index (κ1) is 23.3. The molecule has 0 aliphatic carbocycles. The summed E-state index contributed by atoms with van der Waals surface area (Å²) in [5.41, 5.74) is 1.17. The molecule has 2 aromatic carbocycles. The van der Waals surface area contributed by atoms with Crippen molar-refractivity contribution in [2.45, 2.75) is 30.6 Å². The van der Waals surface area contributed by atoms with E-state index in [2.05, 4.69) is 15.0 Å². The van der Waals surface area contributed by atoms with E-state index in [1.165, 1.54) is 18.2 Å². The lowest BCUT2D eigenvalue weighted by molar-refractivity contribution is -0.111. The molecule has 170 valence electrons. The first-order valence-corrected chi connectivity index (χ1v) is 11.8. The second-order valence-corrected chi connectivity index (χ2v) is 8.88. The van der Waals surface area contributed by atoms with Gasteiger partial charge >= 0.3 is 0 Å². The van der Waals surface area contributed by atoms with Crippen molar-refractivity contribution in [2.75, 3.05) is 26.1 Å². The Balaban J connectivity index is 1.64. The lowest BCUT2D eigenvalue weighted by Gasteiger charge is -2.10. The van der Waals surface area contributed by atoms with Gasteiger partial charge in [0, 0.05) is 30.3 Å². The lowest BCUT2D eigenvalue weighted by Crippen LogP contribution is -2.30. The molecule has 0 fully saturated rings. The number of nitrogens with zero attached hydrogens (tertiary/aromatic N) is 1. The van der Waals surface area contributed by atoms with Crippen LogP contribution in [0.1, 0.15) is 31.2 Å². The van der Waals surface area contributed by atoms with E-state index < -0.39 is 10.0 Å². The van der Waals surface area contributed by atoms with Crippen LogP contribution in [0, 0.1) is 0 Å². The quantitative estimate of drug-likeness (QED) is 0.618. The molecule has 9 heteroatoms. The van der Waals surface area contributed by atoms with Gasteiger partial charge in [-0.2, -0.15) is 0 Å². The van der Waals surface area contributed by atoms with Crippen molar-refractivity contribution in [1.82, 2.24) is 4.72 Å². The third kappa shape index (κ3) is 6.34. The standard InChI is InChI=1S/C23H27N3O5S/c1-30-19-10-13-21(31-2)17(16-19)7-14-23(27)25-18-8-11-20(12-9-18)32(28,29)26-22-6-4-3-5-15-24-22/h7-14,16H,3-6,15H2,1-2H3,(H,24,26)(H,25,27)/b14-7+. The van der Waals surface area contributed by atoms with Gasteiger partial charge < -0.3 is 14.8 Å². The first-order valence-electron chi connectivity index (χ1n) is 10.3. The molecule has 0 bridgehead atoms. The molecule has 0 unspecified atom stereocenters. The number of sulfonamides is 1. The summed E-state index contributed by atoms with van der Waals surface area (Å²) in [5.74, 6) is 1.38. The molecule has 8 nitrogen and oxygen atoms in total. The van der Waals surface area contributed by atoms with Gasteiger partial charge in [-0.25, -0.2) is 8.42 Å². The Bertz CT molecular complexity index is 1110. The normalized spacial score (nSPS) is 14.4. The van der Waals surface area contributed by atoms with Gasteiger partial charge in [0.25, 0.3) is 10.0 Å². The molecule has 0 atom stereocenters. The summed E-state index contributed by atoms with van der Waals surface area (Å²) in [6, 6.07) is 11.3. The van der Waals surface area contributed by atoms with Crippen LogP contribution in [-0.2, 0) is 14.8 Å². The second-order valence-electron chi connectivity index (χ2n) is 7.20. The Kier molecular flexibility index (Phi) is 7.88.